The lowest BCUT2D eigenvalue weighted by molar-refractivity contribution is 0.0985. The predicted molar refractivity (Wildman–Crippen MR) is 75.1 cm³/mol. The highest BCUT2D eigenvalue weighted by molar-refractivity contribution is 5.96. The predicted octanol–water partition coefficient (Wildman–Crippen LogP) is 3.53. The molecule has 0 unspecified atom stereocenters. The largest absolute Gasteiger partial charge is 0.374 e. The number of hydrogen-bond donors (Lipinski definition) is 0. The minimum absolute atomic E-state index is 0.101. The second-order valence-corrected chi connectivity index (χ2v) is 4.44. The first kappa shape index (κ1) is 13.3. The molecule has 0 spiro atoms. The molecule has 0 bridgehead atoms. The van der Waals surface area contributed by atoms with Crippen molar-refractivity contribution < 1.29 is 9.18 Å². The Labute approximate surface area is 112 Å². The fourth-order valence-electron chi connectivity index (χ4n) is 1.88. The van der Waals surface area contributed by atoms with Gasteiger partial charge in [0.25, 0.3) is 0 Å². The minimum Gasteiger partial charge on any atom is -0.374 e. The summed E-state index contributed by atoms with van der Waals surface area (Å²) in [6, 6.07) is 15.6. The van der Waals surface area contributed by atoms with Crippen LogP contribution in [0.1, 0.15) is 16.8 Å². The molecule has 0 atom stereocenters. The molecule has 0 heterocycles. The zero-order valence-electron chi connectivity index (χ0n) is 10.8. The van der Waals surface area contributed by atoms with E-state index in [0.717, 1.165) is 11.3 Å². The summed E-state index contributed by atoms with van der Waals surface area (Å²) in [4.78, 5) is 13.8. The van der Waals surface area contributed by atoms with E-state index >= 15 is 0 Å². The lowest BCUT2D eigenvalue weighted by Gasteiger charge is -2.18. The minimum atomic E-state index is -0.265. The van der Waals surface area contributed by atoms with Crippen molar-refractivity contribution in [3.8, 4) is 0 Å². The van der Waals surface area contributed by atoms with Crippen LogP contribution in [-0.4, -0.2) is 19.4 Å². The molecular formula is C16H16FNO. The van der Waals surface area contributed by atoms with Crippen LogP contribution in [0.3, 0.4) is 0 Å². The summed E-state index contributed by atoms with van der Waals surface area (Å²) >= 11 is 0. The first-order valence-electron chi connectivity index (χ1n) is 6.22. The number of anilines is 1. The van der Waals surface area contributed by atoms with E-state index in [1.807, 2.05) is 48.3 Å². The van der Waals surface area contributed by atoms with Crippen LogP contribution in [0.4, 0.5) is 10.1 Å². The number of hydrogen-bond acceptors (Lipinski definition) is 2. The van der Waals surface area contributed by atoms with Crippen molar-refractivity contribution in [2.24, 2.45) is 0 Å². The average Bonchev–Trinajstić information content (AvgIpc) is 2.45. The summed E-state index contributed by atoms with van der Waals surface area (Å²) in [6.45, 7) is 0.567. The van der Waals surface area contributed by atoms with Gasteiger partial charge >= 0.3 is 0 Å². The number of nitrogens with zero attached hydrogens (tertiary/aromatic N) is 1. The van der Waals surface area contributed by atoms with Crippen molar-refractivity contribution in [3.63, 3.8) is 0 Å². The normalized spacial score (nSPS) is 10.2. The van der Waals surface area contributed by atoms with Crippen molar-refractivity contribution in [2.45, 2.75) is 6.42 Å². The lowest BCUT2D eigenvalue weighted by Crippen LogP contribution is -2.21. The molecule has 0 aliphatic rings. The van der Waals surface area contributed by atoms with Gasteiger partial charge in [0.1, 0.15) is 5.82 Å². The fraction of sp³-hybridized carbons (Fsp3) is 0.188. The smallest absolute Gasteiger partial charge is 0.164 e. The molecule has 98 valence electrons. The van der Waals surface area contributed by atoms with E-state index in [0.29, 0.717) is 13.0 Å². The molecule has 2 nitrogen and oxygen atoms in total. The van der Waals surface area contributed by atoms with Gasteiger partial charge in [0.15, 0.2) is 5.78 Å². The van der Waals surface area contributed by atoms with E-state index in [1.54, 1.807) is 6.07 Å². The third kappa shape index (κ3) is 3.65. The molecule has 0 radical (unpaired) electrons. The highest BCUT2D eigenvalue weighted by Crippen LogP contribution is 2.14. The van der Waals surface area contributed by atoms with Crippen LogP contribution < -0.4 is 4.90 Å². The molecule has 0 saturated heterocycles. The van der Waals surface area contributed by atoms with Crippen molar-refractivity contribution in [1.82, 2.24) is 0 Å². The Morgan fingerprint density at radius 3 is 2.53 bits per heavy atom. The lowest BCUT2D eigenvalue weighted by atomic mass is 10.1. The maximum atomic E-state index is 13.1. The topological polar surface area (TPSA) is 20.3 Å². The fourth-order valence-corrected chi connectivity index (χ4v) is 1.88. The molecule has 0 N–H and O–H groups in total. The molecule has 0 fully saturated rings. The van der Waals surface area contributed by atoms with Crippen molar-refractivity contribution in [3.05, 3.63) is 66.0 Å². The summed E-state index contributed by atoms with van der Waals surface area (Å²) in [5.41, 5.74) is 1.50. The number of rotatable bonds is 5. The van der Waals surface area contributed by atoms with Gasteiger partial charge in [-0.1, -0.05) is 36.4 Å². The molecule has 3 heteroatoms. The van der Waals surface area contributed by atoms with Crippen LogP contribution in [0.25, 0.3) is 0 Å². The van der Waals surface area contributed by atoms with E-state index in [4.69, 9.17) is 0 Å². The molecule has 2 rings (SSSR count). The summed E-state index contributed by atoms with van der Waals surface area (Å²) in [5, 5.41) is 0. The van der Waals surface area contributed by atoms with Gasteiger partial charge < -0.3 is 4.90 Å². The monoisotopic (exact) mass is 257 g/mol. The summed E-state index contributed by atoms with van der Waals surface area (Å²) < 4.78 is 13.1. The van der Waals surface area contributed by atoms with Gasteiger partial charge in [-0.3, -0.25) is 4.79 Å². The van der Waals surface area contributed by atoms with Gasteiger partial charge in [-0.2, -0.15) is 0 Å². The van der Waals surface area contributed by atoms with E-state index in [9.17, 15) is 9.18 Å². The SMILES string of the molecule is CN(CCC(=O)c1ccccc1)c1cccc(F)c1. The standard InChI is InChI=1S/C16H16FNO/c1-18(15-9-5-8-14(17)12-15)11-10-16(19)13-6-3-2-4-7-13/h2-9,12H,10-11H2,1H3. The Hall–Kier alpha value is -2.16. The van der Waals surface area contributed by atoms with E-state index in [2.05, 4.69) is 0 Å². The van der Waals surface area contributed by atoms with Crippen LogP contribution in [0.5, 0.6) is 0 Å². The van der Waals surface area contributed by atoms with Crippen LogP contribution in [-0.2, 0) is 0 Å². The van der Waals surface area contributed by atoms with Crippen LogP contribution in [0.15, 0.2) is 54.6 Å². The van der Waals surface area contributed by atoms with E-state index in [1.165, 1.54) is 12.1 Å². The third-order valence-electron chi connectivity index (χ3n) is 3.02. The van der Waals surface area contributed by atoms with Crippen LogP contribution in [0, 0.1) is 5.82 Å². The molecule has 2 aromatic carbocycles. The Kier molecular flexibility index (Phi) is 4.29. The molecule has 0 amide bonds. The second kappa shape index (κ2) is 6.14. The molecule has 19 heavy (non-hydrogen) atoms. The Morgan fingerprint density at radius 2 is 1.84 bits per heavy atom. The molecule has 0 aliphatic carbocycles. The third-order valence-corrected chi connectivity index (χ3v) is 3.02. The quantitative estimate of drug-likeness (QED) is 0.764. The number of Topliss-reactive ketones (excluding diaryl/α,β-unsaturated/α-hetero) is 1. The molecule has 0 saturated carbocycles. The van der Waals surface area contributed by atoms with E-state index in [-0.39, 0.29) is 11.6 Å². The van der Waals surface area contributed by atoms with Crippen molar-refractivity contribution in [1.29, 1.82) is 0 Å². The highest BCUT2D eigenvalue weighted by Gasteiger charge is 2.08. The molecular weight excluding hydrogens is 241 g/mol. The Bertz CT molecular complexity index is 554. The van der Waals surface area contributed by atoms with E-state index < -0.39 is 0 Å². The maximum absolute atomic E-state index is 13.1. The summed E-state index contributed by atoms with van der Waals surface area (Å²) in [5.74, 6) is -0.164. The second-order valence-electron chi connectivity index (χ2n) is 4.44. The number of carbonyl (C=O) groups excluding carboxylic acids is 1. The summed E-state index contributed by atoms with van der Waals surface area (Å²) in [6.07, 6.45) is 0.414. The molecule has 0 aromatic heterocycles. The van der Waals surface area contributed by atoms with Gasteiger partial charge in [-0.25, -0.2) is 4.39 Å². The van der Waals surface area contributed by atoms with Crippen LogP contribution >= 0.6 is 0 Å². The Morgan fingerprint density at radius 1 is 1.11 bits per heavy atom. The van der Waals surface area contributed by atoms with Crippen molar-refractivity contribution >= 4 is 11.5 Å². The first-order valence-corrected chi connectivity index (χ1v) is 6.22. The maximum Gasteiger partial charge on any atom is 0.164 e. The number of ketones is 1. The molecule has 2 aromatic rings. The van der Waals surface area contributed by atoms with Gasteiger partial charge in [0, 0.05) is 31.3 Å². The first-order chi connectivity index (χ1) is 9.16. The van der Waals surface area contributed by atoms with Gasteiger partial charge in [0.2, 0.25) is 0 Å². The van der Waals surface area contributed by atoms with Gasteiger partial charge in [-0.15, -0.1) is 0 Å². The Balaban J connectivity index is 1.94. The number of benzene rings is 2. The zero-order valence-corrected chi connectivity index (χ0v) is 10.8. The van der Waals surface area contributed by atoms with Gasteiger partial charge in [-0.05, 0) is 18.2 Å². The average molecular weight is 257 g/mol. The van der Waals surface area contributed by atoms with Crippen molar-refractivity contribution in [2.75, 3.05) is 18.5 Å². The van der Waals surface area contributed by atoms with Gasteiger partial charge in [0.05, 0.1) is 0 Å². The van der Waals surface area contributed by atoms with Crippen LogP contribution in [0.2, 0.25) is 0 Å². The number of carbonyl (C=O) groups is 1. The molecule has 0 aliphatic heterocycles. The number of halogens is 1. The zero-order chi connectivity index (χ0) is 13.7. The summed E-state index contributed by atoms with van der Waals surface area (Å²) in [7, 11) is 1.85. The highest BCUT2D eigenvalue weighted by atomic mass is 19.1.